The molecule has 2 heterocycles. The van der Waals surface area contributed by atoms with Crippen molar-refractivity contribution < 1.29 is 9.63 Å². The van der Waals surface area contributed by atoms with Gasteiger partial charge in [-0.2, -0.15) is 4.98 Å². The van der Waals surface area contributed by atoms with Gasteiger partial charge in [0, 0.05) is 18.0 Å². The van der Waals surface area contributed by atoms with Gasteiger partial charge in [0.25, 0.3) is 0 Å². The van der Waals surface area contributed by atoms with Crippen molar-refractivity contribution >= 4 is 0 Å². The maximum absolute atomic E-state index is 9.59. The predicted octanol–water partition coefficient (Wildman–Crippen LogP) is 2.90. The number of nitrogens with zero attached hydrogens (tertiary/aromatic N) is 3. The van der Waals surface area contributed by atoms with Crippen molar-refractivity contribution in [2.45, 2.75) is 51.2 Å². The Bertz CT molecular complexity index is 597. The summed E-state index contributed by atoms with van der Waals surface area (Å²) in [4.78, 5) is 6.96. The van der Waals surface area contributed by atoms with E-state index < -0.39 is 0 Å². The molecule has 0 saturated carbocycles. The highest BCUT2D eigenvalue weighted by atomic mass is 16.5. The van der Waals surface area contributed by atoms with Crippen LogP contribution in [0.4, 0.5) is 0 Å². The minimum atomic E-state index is -0.218. The zero-order valence-electron chi connectivity index (χ0n) is 13.7. The van der Waals surface area contributed by atoms with Crippen LogP contribution in [-0.2, 0) is 6.42 Å². The van der Waals surface area contributed by atoms with Crippen LogP contribution in [0.5, 0.6) is 0 Å². The van der Waals surface area contributed by atoms with Gasteiger partial charge in [-0.15, -0.1) is 0 Å². The molecule has 0 aliphatic carbocycles. The predicted molar refractivity (Wildman–Crippen MR) is 88.9 cm³/mol. The van der Waals surface area contributed by atoms with Gasteiger partial charge in [0.15, 0.2) is 0 Å². The summed E-state index contributed by atoms with van der Waals surface area (Å²) in [6.07, 6.45) is 4.90. The second kappa shape index (κ2) is 7.70. The van der Waals surface area contributed by atoms with E-state index in [2.05, 4.69) is 15.0 Å². The molecule has 2 aromatic rings. The molecule has 5 heteroatoms. The van der Waals surface area contributed by atoms with Crippen LogP contribution in [0, 0.1) is 0 Å². The Labute approximate surface area is 137 Å². The Morgan fingerprint density at radius 2 is 2.17 bits per heavy atom. The molecule has 1 aliphatic heterocycles. The number of rotatable bonds is 7. The molecule has 1 aromatic carbocycles. The molecule has 1 aromatic heterocycles. The van der Waals surface area contributed by atoms with Gasteiger partial charge in [-0.25, -0.2) is 0 Å². The number of aliphatic hydroxyl groups is 1. The lowest BCUT2D eigenvalue weighted by atomic mass is 10.1. The monoisotopic (exact) mass is 315 g/mol. The van der Waals surface area contributed by atoms with Gasteiger partial charge in [0.05, 0.1) is 6.10 Å². The van der Waals surface area contributed by atoms with Gasteiger partial charge >= 0.3 is 0 Å². The first-order valence-corrected chi connectivity index (χ1v) is 8.52. The van der Waals surface area contributed by atoms with Crippen molar-refractivity contribution in [2.24, 2.45) is 0 Å². The van der Waals surface area contributed by atoms with Gasteiger partial charge in [0.2, 0.25) is 11.7 Å². The number of hydrogen-bond acceptors (Lipinski definition) is 5. The van der Waals surface area contributed by atoms with E-state index in [9.17, 15) is 5.11 Å². The highest BCUT2D eigenvalue weighted by molar-refractivity contribution is 5.53. The van der Waals surface area contributed by atoms with Gasteiger partial charge in [-0.05, 0) is 45.7 Å². The van der Waals surface area contributed by atoms with Crippen LogP contribution in [0.15, 0.2) is 34.9 Å². The quantitative estimate of drug-likeness (QED) is 0.851. The molecule has 23 heavy (non-hydrogen) atoms. The average molecular weight is 315 g/mol. The minimum Gasteiger partial charge on any atom is -0.393 e. The third-order valence-corrected chi connectivity index (χ3v) is 4.45. The molecule has 1 saturated heterocycles. The van der Waals surface area contributed by atoms with E-state index in [0.29, 0.717) is 17.8 Å². The van der Waals surface area contributed by atoms with Crippen LogP contribution in [-0.4, -0.2) is 45.4 Å². The summed E-state index contributed by atoms with van der Waals surface area (Å²) < 4.78 is 5.36. The number of likely N-dealkylation sites (tertiary alicyclic amines) is 1. The summed E-state index contributed by atoms with van der Waals surface area (Å²) in [5, 5.41) is 13.6. The summed E-state index contributed by atoms with van der Waals surface area (Å²) in [7, 11) is 0. The van der Waals surface area contributed by atoms with Crippen molar-refractivity contribution in [3.05, 3.63) is 36.2 Å². The van der Waals surface area contributed by atoms with Crippen molar-refractivity contribution in [2.75, 3.05) is 13.1 Å². The number of aliphatic hydroxyl groups excluding tert-OH is 1. The van der Waals surface area contributed by atoms with Crippen LogP contribution in [0.3, 0.4) is 0 Å². The van der Waals surface area contributed by atoms with E-state index in [1.165, 1.54) is 12.8 Å². The number of benzene rings is 1. The van der Waals surface area contributed by atoms with Crippen LogP contribution in [0.1, 0.15) is 38.5 Å². The summed E-state index contributed by atoms with van der Waals surface area (Å²) in [5.74, 6) is 1.36. The van der Waals surface area contributed by atoms with Gasteiger partial charge in [-0.1, -0.05) is 35.5 Å². The lowest BCUT2D eigenvalue weighted by Gasteiger charge is -2.25. The average Bonchev–Trinajstić information content (AvgIpc) is 3.18. The molecular formula is C18H25N3O2. The molecule has 2 unspecified atom stereocenters. The Hall–Kier alpha value is -1.72. The molecule has 5 nitrogen and oxygen atoms in total. The topological polar surface area (TPSA) is 62.4 Å². The van der Waals surface area contributed by atoms with Crippen molar-refractivity contribution in [3.8, 4) is 11.4 Å². The first-order valence-electron chi connectivity index (χ1n) is 8.52. The normalized spacial score (nSPS) is 20.0. The maximum Gasteiger partial charge on any atom is 0.227 e. The first kappa shape index (κ1) is 16.1. The van der Waals surface area contributed by atoms with E-state index >= 15 is 0 Å². The fourth-order valence-electron chi connectivity index (χ4n) is 3.34. The van der Waals surface area contributed by atoms with Crippen molar-refractivity contribution in [1.82, 2.24) is 15.0 Å². The minimum absolute atomic E-state index is 0.218. The highest BCUT2D eigenvalue weighted by Crippen LogP contribution is 2.22. The van der Waals surface area contributed by atoms with E-state index in [1.807, 2.05) is 37.3 Å². The largest absolute Gasteiger partial charge is 0.393 e. The second-order valence-corrected chi connectivity index (χ2v) is 6.40. The van der Waals surface area contributed by atoms with Gasteiger partial charge < -0.3 is 14.5 Å². The molecule has 1 N–H and O–H groups in total. The maximum atomic E-state index is 9.59. The summed E-state index contributed by atoms with van der Waals surface area (Å²) in [5.41, 5.74) is 0.985. The molecule has 0 radical (unpaired) electrons. The zero-order chi connectivity index (χ0) is 16.1. The molecule has 0 bridgehead atoms. The Kier molecular flexibility index (Phi) is 5.41. The molecule has 1 aliphatic rings. The third kappa shape index (κ3) is 4.39. The molecule has 0 amide bonds. The summed E-state index contributed by atoms with van der Waals surface area (Å²) >= 11 is 0. The van der Waals surface area contributed by atoms with Gasteiger partial charge in [0.1, 0.15) is 0 Å². The van der Waals surface area contributed by atoms with Crippen molar-refractivity contribution in [1.29, 1.82) is 0 Å². The van der Waals surface area contributed by atoms with Crippen LogP contribution in [0.25, 0.3) is 11.4 Å². The first-order chi connectivity index (χ1) is 11.2. The molecule has 3 rings (SSSR count). The Balaban J connectivity index is 1.48. The summed E-state index contributed by atoms with van der Waals surface area (Å²) in [6.45, 7) is 4.04. The fraction of sp³-hybridized carbons (Fsp3) is 0.556. The van der Waals surface area contributed by atoms with Crippen LogP contribution < -0.4 is 0 Å². The second-order valence-electron chi connectivity index (χ2n) is 6.40. The zero-order valence-corrected chi connectivity index (χ0v) is 13.7. The molecular weight excluding hydrogens is 290 g/mol. The number of hydrogen-bond donors (Lipinski definition) is 1. The lowest BCUT2D eigenvalue weighted by molar-refractivity contribution is 0.133. The number of aryl methyl sites for hydroxylation is 1. The SMILES string of the molecule is CC(O)CC1CCCN1CCCc1nc(-c2ccccc2)no1. The Morgan fingerprint density at radius 1 is 1.35 bits per heavy atom. The summed E-state index contributed by atoms with van der Waals surface area (Å²) in [6, 6.07) is 10.4. The standard InChI is InChI=1S/C18H25N3O2/c1-14(22)13-16-9-5-11-21(16)12-6-10-17-19-18(20-23-17)15-7-3-2-4-8-15/h2-4,7-8,14,16,22H,5-6,9-13H2,1H3. The van der Waals surface area contributed by atoms with Crippen LogP contribution >= 0.6 is 0 Å². The Morgan fingerprint density at radius 3 is 2.96 bits per heavy atom. The smallest absolute Gasteiger partial charge is 0.227 e. The molecule has 1 fully saturated rings. The number of aromatic nitrogens is 2. The van der Waals surface area contributed by atoms with E-state index in [-0.39, 0.29) is 6.10 Å². The van der Waals surface area contributed by atoms with Gasteiger partial charge in [-0.3, -0.25) is 0 Å². The van der Waals surface area contributed by atoms with Crippen molar-refractivity contribution in [3.63, 3.8) is 0 Å². The van der Waals surface area contributed by atoms with E-state index in [1.54, 1.807) is 0 Å². The van der Waals surface area contributed by atoms with E-state index in [0.717, 1.165) is 37.9 Å². The molecule has 2 atom stereocenters. The molecule has 0 spiro atoms. The van der Waals surface area contributed by atoms with E-state index in [4.69, 9.17) is 4.52 Å². The fourth-order valence-corrected chi connectivity index (χ4v) is 3.34. The highest BCUT2D eigenvalue weighted by Gasteiger charge is 2.25. The lowest BCUT2D eigenvalue weighted by Crippen LogP contribution is -2.32. The van der Waals surface area contributed by atoms with Crippen LogP contribution in [0.2, 0.25) is 0 Å². The molecule has 124 valence electrons. The third-order valence-electron chi connectivity index (χ3n) is 4.45.